The van der Waals surface area contributed by atoms with Gasteiger partial charge in [0.15, 0.2) is 6.17 Å². The molecule has 0 saturated carbocycles. The number of alkyl halides is 3. The molecular weight excluding hydrogens is 319 g/mol. The van der Waals surface area contributed by atoms with Gasteiger partial charge in [-0.15, -0.1) is 13.2 Å². The maximum Gasteiger partial charge on any atom is 0.400 e. The first-order chi connectivity index (χ1) is 10.1. The Kier molecular flexibility index (Phi) is 13.5. The lowest BCUT2D eigenvalue weighted by Crippen LogP contribution is -2.38. The Labute approximate surface area is 131 Å². The molecule has 0 aliphatic rings. The van der Waals surface area contributed by atoms with Crippen LogP contribution >= 0.6 is 0 Å². The van der Waals surface area contributed by atoms with Gasteiger partial charge in [-0.05, 0) is 6.42 Å². The molecule has 2 N–H and O–H groups in total. The molecule has 0 rings (SSSR count). The quantitative estimate of drug-likeness (QED) is 0.340. The van der Waals surface area contributed by atoms with E-state index < -0.39 is 28.0 Å². The summed E-state index contributed by atoms with van der Waals surface area (Å²) in [6.45, 7) is 10.7. The number of hydrogen-bond donors (Lipinski definition) is 2. The first-order valence-corrected chi connectivity index (χ1v) is 8.50. The van der Waals surface area contributed by atoms with Gasteiger partial charge in [0, 0.05) is 13.1 Å². The van der Waals surface area contributed by atoms with Crippen molar-refractivity contribution in [3.8, 4) is 0 Å². The summed E-state index contributed by atoms with van der Waals surface area (Å²) in [6.07, 6.45) is 2.64. The number of hydrogen-bond acceptors (Lipinski definition) is 3. The normalized spacial score (nSPS) is 13.0. The molecule has 0 heterocycles. The van der Waals surface area contributed by atoms with Crippen LogP contribution < -0.4 is 5.32 Å². The predicted octanol–water partition coefficient (Wildman–Crippen LogP) is 3.72. The van der Waals surface area contributed by atoms with Gasteiger partial charge >= 0.3 is 15.4 Å². The van der Waals surface area contributed by atoms with Gasteiger partial charge in [-0.1, -0.05) is 44.8 Å². The molecule has 8 heteroatoms. The molecule has 0 aliphatic heterocycles. The van der Waals surface area contributed by atoms with Gasteiger partial charge in [0.05, 0.1) is 0 Å². The molecule has 0 fully saturated rings. The van der Waals surface area contributed by atoms with Gasteiger partial charge in [-0.25, -0.2) is 4.39 Å². The summed E-state index contributed by atoms with van der Waals surface area (Å²) in [6, 6.07) is 0. The molecule has 0 aliphatic carbocycles. The van der Waals surface area contributed by atoms with Crippen LogP contribution in [-0.4, -0.2) is 37.5 Å². The summed E-state index contributed by atoms with van der Waals surface area (Å²) in [5.74, 6) is 0. The second-order valence-corrected chi connectivity index (χ2v) is 6.08. The lowest BCUT2D eigenvalue weighted by molar-refractivity contribution is -0.00707. The topological polar surface area (TPSA) is 66.4 Å². The smallest absolute Gasteiger partial charge is 0.310 e. The Bertz CT molecular complexity index is 392. The molecule has 0 aromatic rings. The highest BCUT2D eigenvalue weighted by Crippen LogP contribution is 2.30. The zero-order valence-corrected chi connectivity index (χ0v) is 13.7. The molecule has 0 spiro atoms. The summed E-state index contributed by atoms with van der Waals surface area (Å²) in [7, 11) is -5.65. The first-order valence-electron chi connectivity index (χ1n) is 7.06. The van der Waals surface area contributed by atoms with E-state index in [2.05, 4.69) is 18.5 Å². The van der Waals surface area contributed by atoms with Crippen LogP contribution in [0.5, 0.6) is 0 Å². The van der Waals surface area contributed by atoms with E-state index in [1.165, 1.54) is 0 Å². The van der Waals surface area contributed by atoms with Crippen molar-refractivity contribution in [2.24, 2.45) is 0 Å². The standard InChI is InChI=1S/C8H15F3O3S.C6H11N/c1-2-3-4-5-6-7(9)8(10,11)15(12,13)14;1-3-5-7-6-4-2/h7H,2-6H2,1H3,(H,12,13,14);3-4,7H,1-2,5-6H2. The summed E-state index contributed by atoms with van der Waals surface area (Å²) in [5, 5.41) is -1.65. The molecule has 0 aromatic heterocycles. The third-order valence-electron chi connectivity index (χ3n) is 2.60. The molecule has 132 valence electrons. The van der Waals surface area contributed by atoms with Crippen molar-refractivity contribution >= 4 is 10.1 Å². The van der Waals surface area contributed by atoms with E-state index in [1.54, 1.807) is 0 Å². The fourth-order valence-corrected chi connectivity index (χ4v) is 1.81. The molecule has 1 unspecified atom stereocenters. The van der Waals surface area contributed by atoms with Gasteiger partial charge in [0.1, 0.15) is 0 Å². The lowest BCUT2D eigenvalue weighted by Gasteiger charge is -2.17. The fourth-order valence-electron chi connectivity index (χ4n) is 1.37. The maximum absolute atomic E-state index is 12.8. The van der Waals surface area contributed by atoms with E-state index in [0.717, 1.165) is 25.9 Å². The van der Waals surface area contributed by atoms with E-state index in [4.69, 9.17) is 4.55 Å². The highest BCUT2D eigenvalue weighted by Gasteiger charge is 2.52. The molecule has 0 bridgehead atoms. The van der Waals surface area contributed by atoms with Gasteiger partial charge in [-0.3, -0.25) is 4.55 Å². The average molecular weight is 345 g/mol. The largest absolute Gasteiger partial charge is 0.400 e. The van der Waals surface area contributed by atoms with E-state index >= 15 is 0 Å². The van der Waals surface area contributed by atoms with Gasteiger partial charge in [0.2, 0.25) is 0 Å². The second-order valence-electron chi connectivity index (χ2n) is 4.59. The summed E-state index contributed by atoms with van der Waals surface area (Å²) >= 11 is 0. The molecule has 1 atom stereocenters. The summed E-state index contributed by atoms with van der Waals surface area (Å²) < 4.78 is 66.5. The van der Waals surface area contributed by atoms with Crippen molar-refractivity contribution in [1.29, 1.82) is 0 Å². The molecule has 0 aromatic carbocycles. The van der Waals surface area contributed by atoms with Crippen molar-refractivity contribution in [3.63, 3.8) is 0 Å². The monoisotopic (exact) mass is 345 g/mol. The molecule has 0 saturated heterocycles. The van der Waals surface area contributed by atoms with Crippen molar-refractivity contribution < 1.29 is 26.1 Å². The Morgan fingerprint density at radius 3 is 2.05 bits per heavy atom. The number of nitrogens with one attached hydrogen (secondary N) is 1. The number of rotatable bonds is 11. The Balaban J connectivity index is 0. The van der Waals surface area contributed by atoms with Crippen LogP contribution in [0.25, 0.3) is 0 Å². The molecule has 4 nitrogen and oxygen atoms in total. The van der Waals surface area contributed by atoms with E-state index in [9.17, 15) is 21.6 Å². The van der Waals surface area contributed by atoms with Crippen LogP contribution in [0.1, 0.15) is 39.0 Å². The summed E-state index contributed by atoms with van der Waals surface area (Å²) in [5.41, 5.74) is 0. The number of halogens is 3. The van der Waals surface area contributed by atoms with Crippen LogP contribution in [0, 0.1) is 0 Å². The Morgan fingerprint density at radius 2 is 1.68 bits per heavy atom. The average Bonchev–Trinajstić information content (AvgIpc) is 2.43. The fraction of sp³-hybridized carbons (Fsp3) is 0.714. The summed E-state index contributed by atoms with van der Waals surface area (Å²) in [4.78, 5) is 0. The van der Waals surface area contributed by atoms with Crippen LogP contribution in [0.4, 0.5) is 13.2 Å². The van der Waals surface area contributed by atoms with Crippen LogP contribution in [0.2, 0.25) is 0 Å². The molecule has 0 radical (unpaired) electrons. The van der Waals surface area contributed by atoms with E-state index in [-0.39, 0.29) is 6.42 Å². The zero-order valence-electron chi connectivity index (χ0n) is 12.9. The van der Waals surface area contributed by atoms with Crippen LogP contribution in [0.15, 0.2) is 25.3 Å². The van der Waals surface area contributed by atoms with Crippen molar-refractivity contribution in [3.05, 3.63) is 25.3 Å². The lowest BCUT2D eigenvalue weighted by atomic mass is 10.1. The SMILES string of the molecule is C=CCNCC=C.CCCCCCC(F)C(F)(F)S(=O)(=O)O. The Hall–Kier alpha value is -0.860. The third-order valence-corrected chi connectivity index (χ3v) is 3.54. The van der Waals surface area contributed by atoms with Crippen molar-refractivity contribution in [2.75, 3.05) is 13.1 Å². The number of unbranched alkanes of at least 4 members (excludes halogenated alkanes) is 3. The highest BCUT2D eigenvalue weighted by molar-refractivity contribution is 7.86. The second kappa shape index (κ2) is 12.7. The van der Waals surface area contributed by atoms with Crippen molar-refractivity contribution in [2.45, 2.75) is 50.5 Å². The maximum atomic E-state index is 12.8. The molecule has 0 amide bonds. The van der Waals surface area contributed by atoms with E-state index in [0.29, 0.717) is 6.42 Å². The van der Waals surface area contributed by atoms with Gasteiger partial charge in [0.25, 0.3) is 0 Å². The van der Waals surface area contributed by atoms with Gasteiger partial charge in [-0.2, -0.15) is 17.2 Å². The first kappa shape index (κ1) is 23.4. The van der Waals surface area contributed by atoms with E-state index in [1.807, 2.05) is 19.1 Å². The zero-order chi connectivity index (χ0) is 17.6. The minimum Gasteiger partial charge on any atom is -0.310 e. The van der Waals surface area contributed by atoms with Crippen LogP contribution in [-0.2, 0) is 10.1 Å². The van der Waals surface area contributed by atoms with Crippen LogP contribution in [0.3, 0.4) is 0 Å². The molecular formula is C14H26F3NO3S. The minimum atomic E-state index is -5.65. The minimum absolute atomic E-state index is 0.181. The Morgan fingerprint density at radius 1 is 1.18 bits per heavy atom. The third kappa shape index (κ3) is 10.8. The van der Waals surface area contributed by atoms with Crippen molar-refractivity contribution in [1.82, 2.24) is 5.32 Å². The predicted molar refractivity (Wildman–Crippen MR) is 83.4 cm³/mol. The molecule has 22 heavy (non-hydrogen) atoms. The highest BCUT2D eigenvalue weighted by atomic mass is 32.2. The van der Waals surface area contributed by atoms with Gasteiger partial charge < -0.3 is 5.32 Å².